The topological polar surface area (TPSA) is 84.4 Å². The molecule has 0 bridgehead atoms. The number of carbonyl (C=O) groups excluding carboxylic acids is 3. The molecular weight excluding hydrogens is 360 g/mol. The Kier molecular flexibility index (Phi) is 4.48. The normalized spacial score (nSPS) is 33.1. The SMILES string of the molecule is O=C1CCCN1CCCN1C(=O)C2CC(O)CN2C2(CN(CC3CC3)C2)C1=O. The quantitative estimate of drug-likeness (QED) is 0.602. The lowest BCUT2D eigenvalue weighted by Gasteiger charge is -2.58. The highest BCUT2D eigenvalue weighted by atomic mass is 16.3. The summed E-state index contributed by atoms with van der Waals surface area (Å²) in [7, 11) is 0. The van der Waals surface area contributed by atoms with Gasteiger partial charge in [0.15, 0.2) is 0 Å². The monoisotopic (exact) mass is 390 g/mol. The summed E-state index contributed by atoms with van der Waals surface area (Å²) in [5.74, 6) is 0.683. The Balaban J connectivity index is 1.28. The van der Waals surface area contributed by atoms with Crippen LogP contribution in [0.2, 0.25) is 0 Å². The van der Waals surface area contributed by atoms with Crippen molar-refractivity contribution in [3.05, 3.63) is 0 Å². The molecule has 154 valence electrons. The molecule has 1 saturated carbocycles. The summed E-state index contributed by atoms with van der Waals surface area (Å²) in [6, 6.07) is -0.385. The maximum Gasteiger partial charge on any atom is 0.252 e. The molecular formula is C20H30N4O4. The Bertz CT molecular complexity index is 688. The van der Waals surface area contributed by atoms with E-state index in [-0.39, 0.29) is 23.8 Å². The highest BCUT2D eigenvalue weighted by molar-refractivity contribution is 6.06. The molecule has 2 atom stereocenters. The molecule has 0 aromatic rings. The second-order valence-corrected chi connectivity index (χ2v) is 9.34. The summed E-state index contributed by atoms with van der Waals surface area (Å²) in [5.41, 5.74) is -0.644. The number of hydrogen-bond donors (Lipinski definition) is 1. The minimum absolute atomic E-state index is 0.0948. The molecule has 4 aliphatic heterocycles. The molecule has 8 nitrogen and oxygen atoms in total. The lowest BCUT2D eigenvalue weighted by atomic mass is 9.82. The first-order valence-corrected chi connectivity index (χ1v) is 10.8. The third-order valence-electron chi connectivity index (χ3n) is 7.19. The lowest BCUT2D eigenvalue weighted by molar-refractivity contribution is -0.180. The van der Waals surface area contributed by atoms with E-state index in [0.29, 0.717) is 52.0 Å². The molecule has 0 aromatic carbocycles. The van der Waals surface area contributed by atoms with E-state index in [2.05, 4.69) is 4.90 Å². The number of rotatable bonds is 6. The maximum atomic E-state index is 13.4. The van der Waals surface area contributed by atoms with Crippen LogP contribution in [0.4, 0.5) is 0 Å². The maximum absolute atomic E-state index is 13.4. The predicted octanol–water partition coefficient (Wildman–Crippen LogP) is -0.733. The van der Waals surface area contributed by atoms with Crippen LogP contribution in [0.3, 0.4) is 0 Å². The van der Waals surface area contributed by atoms with Crippen LogP contribution in [-0.4, -0.2) is 106 Å². The van der Waals surface area contributed by atoms with Crippen molar-refractivity contribution in [3.8, 4) is 0 Å². The van der Waals surface area contributed by atoms with Gasteiger partial charge in [0.25, 0.3) is 5.91 Å². The molecule has 4 heterocycles. The van der Waals surface area contributed by atoms with Crippen LogP contribution in [0, 0.1) is 5.92 Å². The zero-order valence-corrected chi connectivity index (χ0v) is 16.4. The second kappa shape index (κ2) is 6.78. The van der Waals surface area contributed by atoms with E-state index >= 15 is 0 Å². The van der Waals surface area contributed by atoms with E-state index in [9.17, 15) is 19.5 Å². The standard InChI is InChI=1S/C20H30N4O4/c25-15-9-16-18(27)23(8-2-7-22-6-1-3-17(22)26)19(28)20(24(16)11-15)12-21(13-20)10-14-4-5-14/h14-16,25H,1-13H2. The fourth-order valence-electron chi connectivity index (χ4n) is 5.55. The van der Waals surface area contributed by atoms with E-state index in [1.807, 2.05) is 9.80 Å². The second-order valence-electron chi connectivity index (χ2n) is 9.34. The Labute approximate surface area is 165 Å². The third-order valence-corrected chi connectivity index (χ3v) is 7.19. The van der Waals surface area contributed by atoms with Crippen molar-refractivity contribution in [2.75, 3.05) is 45.8 Å². The Hall–Kier alpha value is -1.51. The van der Waals surface area contributed by atoms with Crippen molar-refractivity contribution in [3.63, 3.8) is 0 Å². The van der Waals surface area contributed by atoms with Crippen molar-refractivity contribution in [1.29, 1.82) is 0 Å². The highest BCUT2D eigenvalue weighted by Gasteiger charge is 2.64. The van der Waals surface area contributed by atoms with Gasteiger partial charge >= 0.3 is 0 Å². The number of aliphatic hydroxyl groups excluding tert-OH is 1. The summed E-state index contributed by atoms with van der Waals surface area (Å²) in [4.78, 5) is 45.8. The van der Waals surface area contributed by atoms with Gasteiger partial charge in [-0.1, -0.05) is 0 Å². The van der Waals surface area contributed by atoms with Crippen molar-refractivity contribution in [2.45, 2.75) is 56.2 Å². The highest BCUT2D eigenvalue weighted by Crippen LogP contribution is 2.42. The smallest absolute Gasteiger partial charge is 0.252 e. The van der Waals surface area contributed by atoms with Gasteiger partial charge in [-0.05, 0) is 38.0 Å². The zero-order chi connectivity index (χ0) is 19.5. The van der Waals surface area contributed by atoms with Gasteiger partial charge in [0.1, 0.15) is 5.54 Å². The molecule has 1 spiro atoms. The summed E-state index contributed by atoms with van der Waals surface area (Å²) >= 11 is 0. The van der Waals surface area contributed by atoms with E-state index in [1.165, 1.54) is 17.7 Å². The molecule has 8 heteroatoms. The number of fused-ring (bicyclic) bond motifs is 2. The van der Waals surface area contributed by atoms with Crippen LogP contribution in [0.15, 0.2) is 0 Å². The van der Waals surface area contributed by atoms with Crippen molar-refractivity contribution in [1.82, 2.24) is 19.6 Å². The molecule has 5 fully saturated rings. The minimum Gasteiger partial charge on any atom is -0.392 e. The molecule has 1 aliphatic carbocycles. The van der Waals surface area contributed by atoms with E-state index in [0.717, 1.165) is 25.4 Å². The first kappa shape index (κ1) is 18.5. The van der Waals surface area contributed by atoms with Crippen LogP contribution in [0.25, 0.3) is 0 Å². The van der Waals surface area contributed by atoms with Gasteiger partial charge in [-0.15, -0.1) is 0 Å². The molecule has 1 N–H and O–H groups in total. The summed E-state index contributed by atoms with van der Waals surface area (Å²) in [5, 5.41) is 10.2. The van der Waals surface area contributed by atoms with Gasteiger partial charge < -0.3 is 10.0 Å². The number of piperazine rings is 1. The number of aliphatic hydroxyl groups is 1. The predicted molar refractivity (Wildman–Crippen MR) is 100 cm³/mol. The molecule has 3 amide bonds. The van der Waals surface area contributed by atoms with Gasteiger partial charge in [0, 0.05) is 52.2 Å². The van der Waals surface area contributed by atoms with Gasteiger partial charge in [0.05, 0.1) is 12.1 Å². The Morgan fingerprint density at radius 1 is 1.11 bits per heavy atom. The first-order chi connectivity index (χ1) is 13.5. The number of likely N-dealkylation sites (tertiary alicyclic amines) is 2. The van der Waals surface area contributed by atoms with Crippen molar-refractivity contribution >= 4 is 17.7 Å². The number of carbonyl (C=O) groups is 3. The third kappa shape index (κ3) is 2.97. The van der Waals surface area contributed by atoms with Crippen LogP contribution in [0.1, 0.15) is 38.5 Å². The molecule has 28 heavy (non-hydrogen) atoms. The average Bonchev–Trinajstić information content (AvgIpc) is 3.23. The summed E-state index contributed by atoms with van der Waals surface area (Å²) < 4.78 is 0. The number of hydrogen-bond acceptors (Lipinski definition) is 6. The number of nitrogens with zero attached hydrogens (tertiary/aromatic N) is 4. The molecule has 4 saturated heterocycles. The van der Waals surface area contributed by atoms with Gasteiger partial charge in [-0.2, -0.15) is 0 Å². The number of imide groups is 1. The van der Waals surface area contributed by atoms with E-state index < -0.39 is 11.6 Å². The molecule has 2 unspecified atom stereocenters. The van der Waals surface area contributed by atoms with Crippen molar-refractivity contribution < 1.29 is 19.5 Å². The fourth-order valence-corrected chi connectivity index (χ4v) is 5.55. The van der Waals surface area contributed by atoms with E-state index in [4.69, 9.17) is 0 Å². The summed E-state index contributed by atoms with van der Waals surface area (Å²) in [6.07, 6.45) is 4.56. The van der Waals surface area contributed by atoms with Gasteiger partial charge in [-0.25, -0.2) is 0 Å². The van der Waals surface area contributed by atoms with Crippen LogP contribution in [-0.2, 0) is 14.4 Å². The average molecular weight is 390 g/mol. The molecule has 5 aliphatic rings. The number of β-amino-alcohol motifs (C(OH)–C–C–N with tert-alkyl or cyclic N) is 1. The Morgan fingerprint density at radius 3 is 2.57 bits per heavy atom. The first-order valence-electron chi connectivity index (χ1n) is 10.8. The largest absolute Gasteiger partial charge is 0.392 e. The lowest BCUT2D eigenvalue weighted by Crippen LogP contribution is -2.81. The summed E-state index contributed by atoms with van der Waals surface area (Å²) in [6.45, 7) is 4.54. The van der Waals surface area contributed by atoms with Gasteiger partial charge in [0.2, 0.25) is 11.8 Å². The van der Waals surface area contributed by atoms with E-state index in [1.54, 1.807) is 0 Å². The van der Waals surface area contributed by atoms with Crippen molar-refractivity contribution in [2.24, 2.45) is 5.92 Å². The van der Waals surface area contributed by atoms with Crippen LogP contribution >= 0.6 is 0 Å². The fraction of sp³-hybridized carbons (Fsp3) is 0.850. The molecule has 5 rings (SSSR count). The zero-order valence-electron chi connectivity index (χ0n) is 16.4. The van der Waals surface area contributed by atoms with Gasteiger partial charge in [-0.3, -0.25) is 29.1 Å². The molecule has 0 aromatic heterocycles. The Morgan fingerprint density at radius 2 is 1.89 bits per heavy atom. The van der Waals surface area contributed by atoms with Crippen LogP contribution in [0.5, 0.6) is 0 Å². The molecule has 0 radical (unpaired) electrons. The number of amides is 3. The minimum atomic E-state index is -0.644. The van der Waals surface area contributed by atoms with Crippen LogP contribution < -0.4 is 0 Å².